The summed E-state index contributed by atoms with van der Waals surface area (Å²) in [6, 6.07) is 0. The molecule has 0 aromatic rings. The van der Waals surface area contributed by atoms with Crippen molar-refractivity contribution in [3.63, 3.8) is 0 Å². The number of allylic oxidation sites excluding steroid dienone is 3. The van der Waals surface area contributed by atoms with Crippen molar-refractivity contribution in [2.75, 3.05) is 12.4 Å². The lowest BCUT2D eigenvalue weighted by Crippen LogP contribution is -2.39. The van der Waals surface area contributed by atoms with Crippen molar-refractivity contribution in [2.45, 2.75) is 109 Å². The van der Waals surface area contributed by atoms with Gasteiger partial charge in [0.2, 0.25) is 0 Å². The smallest absolute Gasteiger partial charge is 0.155 e. The first-order chi connectivity index (χ1) is 15.8. The molecule has 3 saturated carbocycles. The SMILES string of the molecule is C=C1C(=CC=C2CCC[C@]3(C)[C@@H]([C@@H](C)OCCCS(=O)(=O)C(C)(C)C)CC[C@@H]23)C[C@H](O)C[C@H]1O. The van der Waals surface area contributed by atoms with Crippen molar-refractivity contribution >= 4 is 9.84 Å². The second-order valence-electron chi connectivity index (χ2n) is 12.0. The Morgan fingerprint density at radius 1 is 1.24 bits per heavy atom. The van der Waals surface area contributed by atoms with Crippen molar-refractivity contribution in [1.29, 1.82) is 0 Å². The Bertz CT molecular complexity index is 910. The zero-order chi connectivity index (χ0) is 25.3. The van der Waals surface area contributed by atoms with Gasteiger partial charge in [0.1, 0.15) is 0 Å². The summed E-state index contributed by atoms with van der Waals surface area (Å²) in [5.41, 5.74) is 3.35. The standard InChI is InChI=1S/C28H46O5S/c1-19-22(17-23(29)18-26(19)30)11-10-21-9-7-14-28(6)24(12-13-25(21)28)20(2)33-15-8-16-34(31,32)27(3,4)5/h10-11,20,23-26,29-30H,1,7-9,12-18H2,2-6H3/t20-,23+,24-,25+,26-,28-/m1/s1. The van der Waals surface area contributed by atoms with Gasteiger partial charge in [0.25, 0.3) is 0 Å². The van der Waals surface area contributed by atoms with Gasteiger partial charge in [-0.15, -0.1) is 0 Å². The van der Waals surface area contributed by atoms with Gasteiger partial charge in [-0.05, 0) is 101 Å². The quantitative estimate of drug-likeness (QED) is 0.479. The molecule has 2 N–H and O–H groups in total. The van der Waals surface area contributed by atoms with Gasteiger partial charge in [-0.25, -0.2) is 8.42 Å². The molecular formula is C28H46O5S. The molecule has 3 aliphatic carbocycles. The Hall–Kier alpha value is -0.950. The number of aliphatic hydroxyl groups is 2. The van der Waals surface area contributed by atoms with Crippen LogP contribution in [0.25, 0.3) is 0 Å². The zero-order valence-electron chi connectivity index (χ0n) is 21.8. The summed E-state index contributed by atoms with van der Waals surface area (Å²) in [5, 5.41) is 20.2. The molecule has 0 radical (unpaired) electrons. The zero-order valence-corrected chi connectivity index (χ0v) is 22.7. The lowest BCUT2D eigenvalue weighted by Gasteiger charge is -2.44. The van der Waals surface area contributed by atoms with Crippen LogP contribution in [0.3, 0.4) is 0 Å². The average molecular weight is 495 g/mol. The molecule has 0 aliphatic heterocycles. The van der Waals surface area contributed by atoms with E-state index in [-0.39, 0.29) is 17.3 Å². The molecule has 0 unspecified atom stereocenters. The minimum atomic E-state index is -3.11. The van der Waals surface area contributed by atoms with Crippen molar-refractivity contribution in [3.05, 3.63) is 35.5 Å². The molecule has 6 atom stereocenters. The van der Waals surface area contributed by atoms with E-state index in [9.17, 15) is 18.6 Å². The van der Waals surface area contributed by atoms with Crippen molar-refractivity contribution in [2.24, 2.45) is 17.3 Å². The number of aliphatic hydroxyl groups excluding tert-OH is 2. The third-order valence-electron chi connectivity index (χ3n) is 8.74. The molecule has 3 fully saturated rings. The molecule has 3 rings (SSSR count). The van der Waals surface area contributed by atoms with Gasteiger partial charge in [-0.1, -0.05) is 31.2 Å². The summed E-state index contributed by atoms with van der Waals surface area (Å²) in [6.07, 6.45) is 10.4. The number of hydrogen-bond donors (Lipinski definition) is 2. The van der Waals surface area contributed by atoms with Gasteiger partial charge in [0.05, 0.1) is 28.8 Å². The lowest BCUT2D eigenvalue weighted by atomic mass is 9.62. The predicted octanol–water partition coefficient (Wildman–Crippen LogP) is 5.14. The van der Waals surface area contributed by atoms with Gasteiger partial charge in [-0.3, -0.25) is 0 Å². The molecular weight excluding hydrogens is 448 g/mol. The maximum atomic E-state index is 12.4. The summed E-state index contributed by atoms with van der Waals surface area (Å²) >= 11 is 0. The van der Waals surface area contributed by atoms with Gasteiger partial charge in [-0.2, -0.15) is 0 Å². The van der Waals surface area contributed by atoms with E-state index in [0.717, 1.165) is 36.8 Å². The normalized spacial score (nSPS) is 36.1. The Labute approximate surface area is 207 Å². The van der Waals surface area contributed by atoms with Crippen LogP contribution in [0, 0.1) is 17.3 Å². The summed E-state index contributed by atoms with van der Waals surface area (Å²) in [5.74, 6) is 1.15. The number of sulfone groups is 1. The molecule has 0 bridgehead atoms. The van der Waals surface area contributed by atoms with Crippen LogP contribution in [-0.2, 0) is 14.6 Å². The van der Waals surface area contributed by atoms with Crippen LogP contribution in [0.5, 0.6) is 0 Å². The van der Waals surface area contributed by atoms with Crippen molar-refractivity contribution in [1.82, 2.24) is 0 Å². The Kier molecular flexibility index (Phi) is 8.60. The second-order valence-corrected chi connectivity index (χ2v) is 14.9. The molecule has 6 heteroatoms. The first-order valence-corrected chi connectivity index (χ1v) is 14.7. The minimum absolute atomic E-state index is 0.105. The second kappa shape index (κ2) is 10.6. The van der Waals surface area contributed by atoms with Gasteiger partial charge in [0, 0.05) is 13.0 Å². The topological polar surface area (TPSA) is 83.8 Å². The molecule has 0 spiro atoms. The minimum Gasteiger partial charge on any atom is -0.393 e. The highest BCUT2D eigenvalue weighted by molar-refractivity contribution is 7.92. The molecule has 0 aromatic carbocycles. The van der Waals surface area contributed by atoms with E-state index in [4.69, 9.17) is 4.74 Å². The highest BCUT2D eigenvalue weighted by atomic mass is 32.2. The van der Waals surface area contributed by atoms with Gasteiger partial charge >= 0.3 is 0 Å². The third kappa shape index (κ3) is 5.88. The maximum Gasteiger partial charge on any atom is 0.155 e. The summed E-state index contributed by atoms with van der Waals surface area (Å²) in [7, 11) is -3.11. The first kappa shape index (κ1) is 27.6. The average Bonchev–Trinajstić information content (AvgIpc) is 3.09. The Morgan fingerprint density at radius 2 is 1.94 bits per heavy atom. The van der Waals surface area contributed by atoms with E-state index in [1.54, 1.807) is 20.8 Å². The van der Waals surface area contributed by atoms with Crippen LogP contribution in [0.15, 0.2) is 35.5 Å². The van der Waals surface area contributed by atoms with Crippen LogP contribution in [-0.4, -0.2) is 54.0 Å². The third-order valence-corrected chi connectivity index (χ3v) is 11.4. The van der Waals surface area contributed by atoms with E-state index in [2.05, 4.69) is 32.6 Å². The molecule has 0 aromatic heterocycles. The van der Waals surface area contributed by atoms with Crippen LogP contribution < -0.4 is 0 Å². The molecule has 0 saturated heterocycles. The lowest BCUT2D eigenvalue weighted by molar-refractivity contribution is -0.0244. The number of fused-ring (bicyclic) bond motifs is 1. The predicted molar refractivity (Wildman–Crippen MR) is 138 cm³/mol. The molecule has 5 nitrogen and oxygen atoms in total. The highest BCUT2D eigenvalue weighted by Crippen LogP contribution is 2.58. The number of ether oxygens (including phenoxy) is 1. The molecule has 0 heterocycles. The fourth-order valence-corrected chi connectivity index (χ4v) is 7.57. The fourth-order valence-electron chi connectivity index (χ4n) is 6.46. The van der Waals surface area contributed by atoms with Crippen molar-refractivity contribution in [3.8, 4) is 0 Å². The van der Waals surface area contributed by atoms with Crippen LogP contribution >= 0.6 is 0 Å². The largest absolute Gasteiger partial charge is 0.393 e. The van der Waals surface area contributed by atoms with E-state index in [0.29, 0.717) is 37.7 Å². The van der Waals surface area contributed by atoms with E-state index in [1.807, 2.05) is 0 Å². The highest BCUT2D eigenvalue weighted by Gasteiger charge is 2.51. The molecule has 34 heavy (non-hydrogen) atoms. The summed E-state index contributed by atoms with van der Waals surface area (Å²) in [6.45, 7) is 14.4. The van der Waals surface area contributed by atoms with Crippen molar-refractivity contribution < 1.29 is 23.4 Å². The fraction of sp³-hybridized carbons (Fsp3) is 0.786. The maximum absolute atomic E-state index is 12.4. The summed E-state index contributed by atoms with van der Waals surface area (Å²) in [4.78, 5) is 0. The summed E-state index contributed by atoms with van der Waals surface area (Å²) < 4.78 is 30.2. The molecule has 194 valence electrons. The first-order valence-electron chi connectivity index (χ1n) is 13.0. The molecule has 0 amide bonds. The number of hydrogen-bond acceptors (Lipinski definition) is 5. The number of rotatable bonds is 7. The van der Waals surface area contributed by atoms with Crippen LogP contribution in [0.4, 0.5) is 0 Å². The van der Waals surface area contributed by atoms with Gasteiger partial charge in [0.15, 0.2) is 9.84 Å². The van der Waals surface area contributed by atoms with Crippen LogP contribution in [0.2, 0.25) is 0 Å². The Balaban J connectivity index is 1.63. The van der Waals surface area contributed by atoms with Gasteiger partial charge < -0.3 is 14.9 Å². The van der Waals surface area contributed by atoms with E-state index in [1.165, 1.54) is 12.0 Å². The monoisotopic (exact) mass is 494 g/mol. The van der Waals surface area contributed by atoms with E-state index >= 15 is 0 Å². The molecule has 3 aliphatic rings. The Morgan fingerprint density at radius 3 is 2.62 bits per heavy atom. The van der Waals surface area contributed by atoms with E-state index < -0.39 is 26.8 Å². The van der Waals surface area contributed by atoms with Crippen LogP contribution in [0.1, 0.15) is 86.0 Å².